The van der Waals surface area contributed by atoms with E-state index in [1.54, 1.807) is 0 Å². The number of rotatable bonds is 3. The van der Waals surface area contributed by atoms with Crippen LogP contribution in [-0.4, -0.2) is 30.8 Å². The number of Topliss-reactive ketones (excluding diaryl/α,β-unsaturated/α-hetero) is 1. The first kappa shape index (κ1) is 14.8. The summed E-state index contributed by atoms with van der Waals surface area (Å²) in [5.41, 5.74) is 3.79. The highest BCUT2D eigenvalue weighted by molar-refractivity contribution is 5.99. The van der Waals surface area contributed by atoms with Gasteiger partial charge in [0, 0.05) is 17.5 Å². The van der Waals surface area contributed by atoms with E-state index >= 15 is 0 Å². The van der Waals surface area contributed by atoms with Gasteiger partial charge in [0.05, 0.1) is 0 Å². The number of hydrogen-bond acceptors (Lipinski definition) is 2. The highest BCUT2D eigenvalue weighted by Crippen LogP contribution is 2.32. The second kappa shape index (κ2) is 6.31. The third kappa shape index (κ3) is 3.06. The fourth-order valence-corrected chi connectivity index (χ4v) is 4.03. The molecule has 1 saturated carbocycles. The van der Waals surface area contributed by atoms with Crippen LogP contribution in [0, 0.1) is 5.92 Å². The molecule has 0 aromatic heterocycles. The van der Waals surface area contributed by atoms with Gasteiger partial charge in [0.1, 0.15) is 0 Å². The van der Waals surface area contributed by atoms with Gasteiger partial charge in [-0.1, -0.05) is 37.5 Å². The summed E-state index contributed by atoms with van der Waals surface area (Å²) in [5.74, 6) is 0.705. The number of nitrogens with zero attached hydrogens (tertiary/aromatic N) is 1. The normalized spacial score (nSPS) is 23.1. The van der Waals surface area contributed by atoms with Gasteiger partial charge in [-0.05, 0) is 57.3 Å². The number of benzene rings is 1. The first-order chi connectivity index (χ1) is 10.2. The highest BCUT2D eigenvalue weighted by atomic mass is 16.1. The van der Waals surface area contributed by atoms with Gasteiger partial charge < -0.3 is 4.90 Å². The first-order valence-electron chi connectivity index (χ1n) is 8.48. The summed E-state index contributed by atoms with van der Waals surface area (Å²) in [6.07, 6.45) is 9.32. The van der Waals surface area contributed by atoms with E-state index in [0.717, 1.165) is 31.2 Å². The molecule has 2 nitrogen and oxygen atoms in total. The van der Waals surface area contributed by atoms with Crippen LogP contribution in [0.5, 0.6) is 0 Å². The van der Waals surface area contributed by atoms with Crippen molar-refractivity contribution in [2.24, 2.45) is 5.92 Å². The molecule has 1 aromatic rings. The van der Waals surface area contributed by atoms with Crippen LogP contribution in [0.2, 0.25) is 0 Å². The summed E-state index contributed by atoms with van der Waals surface area (Å²) in [6.45, 7) is 0. The number of carbonyl (C=O) groups excluding carboxylic acids is 1. The van der Waals surface area contributed by atoms with Crippen LogP contribution in [-0.2, 0) is 12.8 Å². The molecule has 114 valence electrons. The Bertz CT molecular complexity index is 514. The molecule has 1 atom stereocenters. The van der Waals surface area contributed by atoms with Crippen molar-refractivity contribution in [1.29, 1.82) is 0 Å². The van der Waals surface area contributed by atoms with Crippen LogP contribution < -0.4 is 0 Å². The average Bonchev–Trinajstić information content (AvgIpc) is 2.54. The van der Waals surface area contributed by atoms with Crippen molar-refractivity contribution in [3.63, 3.8) is 0 Å². The third-order valence-electron chi connectivity index (χ3n) is 5.43. The van der Waals surface area contributed by atoms with Gasteiger partial charge in [0.25, 0.3) is 0 Å². The van der Waals surface area contributed by atoms with Crippen LogP contribution in [0.1, 0.15) is 60.0 Å². The Balaban J connectivity index is 1.87. The fourth-order valence-electron chi connectivity index (χ4n) is 4.03. The van der Waals surface area contributed by atoms with E-state index in [0.29, 0.717) is 11.8 Å². The molecule has 0 N–H and O–H groups in total. The molecule has 3 rings (SSSR count). The van der Waals surface area contributed by atoms with Gasteiger partial charge in [0.15, 0.2) is 5.78 Å². The topological polar surface area (TPSA) is 20.3 Å². The zero-order valence-electron chi connectivity index (χ0n) is 13.4. The lowest BCUT2D eigenvalue weighted by molar-refractivity contribution is 0.0887. The molecule has 0 amide bonds. The van der Waals surface area contributed by atoms with Crippen LogP contribution in [0.15, 0.2) is 18.2 Å². The highest BCUT2D eigenvalue weighted by Gasteiger charge is 2.28. The van der Waals surface area contributed by atoms with Crippen molar-refractivity contribution >= 4 is 5.78 Å². The Morgan fingerprint density at radius 2 is 1.86 bits per heavy atom. The largest absolute Gasteiger partial charge is 0.306 e. The lowest BCUT2D eigenvalue weighted by Crippen LogP contribution is -2.34. The fraction of sp³-hybridized carbons (Fsp3) is 0.632. The van der Waals surface area contributed by atoms with Gasteiger partial charge in [-0.3, -0.25) is 4.79 Å². The van der Waals surface area contributed by atoms with Crippen LogP contribution >= 0.6 is 0 Å². The predicted molar refractivity (Wildman–Crippen MR) is 86.8 cm³/mol. The van der Waals surface area contributed by atoms with E-state index in [4.69, 9.17) is 0 Å². The van der Waals surface area contributed by atoms with Crippen molar-refractivity contribution in [3.8, 4) is 0 Å². The number of likely N-dealkylation sites (N-methyl/N-ethyl adjacent to an activating group) is 1. The second-order valence-electron chi connectivity index (χ2n) is 7.00. The third-order valence-corrected chi connectivity index (χ3v) is 5.43. The Kier molecular flexibility index (Phi) is 4.44. The SMILES string of the molecule is CN(C)C1CCc2cccc(C(=O)C3CCCCC3)c2C1. The van der Waals surface area contributed by atoms with Gasteiger partial charge in [-0.15, -0.1) is 0 Å². The van der Waals surface area contributed by atoms with E-state index < -0.39 is 0 Å². The summed E-state index contributed by atoms with van der Waals surface area (Å²) in [6, 6.07) is 6.97. The summed E-state index contributed by atoms with van der Waals surface area (Å²) in [7, 11) is 4.31. The number of hydrogen-bond donors (Lipinski definition) is 0. The number of fused-ring (bicyclic) bond motifs is 1. The molecule has 1 aromatic carbocycles. The lowest BCUT2D eigenvalue weighted by Gasteiger charge is -2.31. The number of ketones is 1. The molecule has 0 spiro atoms. The molecule has 0 radical (unpaired) electrons. The maximum atomic E-state index is 12.9. The van der Waals surface area contributed by atoms with Crippen LogP contribution in [0.3, 0.4) is 0 Å². The Labute approximate surface area is 128 Å². The second-order valence-corrected chi connectivity index (χ2v) is 7.00. The quantitative estimate of drug-likeness (QED) is 0.786. The van der Waals surface area contributed by atoms with Gasteiger partial charge in [-0.2, -0.15) is 0 Å². The summed E-state index contributed by atoms with van der Waals surface area (Å²) < 4.78 is 0. The van der Waals surface area contributed by atoms with Crippen molar-refractivity contribution < 1.29 is 4.79 Å². The average molecular weight is 285 g/mol. The zero-order valence-corrected chi connectivity index (χ0v) is 13.4. The van der Waals surface area contributed by atoms with E-state index in [-0.39, 0.29) is 5.92 Å². The minimum Gasteiger partial charge on any atom is -0.306 e. The molecule has 21 heavy (non-hydrogen) atoms. The lowest BCUT2D eigenvalue weighted by atomic mass is 9.78. The molecule has 0 heterocycles. The number of carbonyl (C=O) groups is 1. The van der Waals surface area contributed by atoms with Gasteiger partial charge in [-0.25, -0.2) is 0 Å². The first-order valence-corrected chi connectivity index (χ1v) is 8.48. The van der Waals surface area contributed by atoms with Crippen molar-refractivity contribution in [1.82, 2.24) is 4.90 Å². The van der Waals surface area contributed by atoms with Gasteiger partial charge >= 0.3 is 0 Å². The van der Waals surface area contributed by atoms with Gasteiger partial charge in [0.2, 0.25) is 0 Å². The summed E-state index contributed by atoms with van der Waals surface area (Å²) in [5, 5.41) is 0. The molecule has 0 bridgehead atoms. The summed E-state index contributed by atoms with van der Waals surface area (Å²) >= 11 is 0. The maximum absolute atomic E-state index is 12.9. The summed E-state index contributed by atoms with van der Waals surface area (Å²) in [4.78, 5) is 15.2. The Morgan fingerprint density at radius 1 is 1.10 bits per heavy atom. The Morgan fingerprint density at radius 3 is 2.57 bits per heavy atom. The molecule has 1 unspecified atom stereocenters. The molecular formula is C19H27NO. The molecule has 1 fully saturated rings. The van der Waals surface area contributed by atoms with Crippen molar-refractivity contribution in [3.05, 3.63) is 34.9 Å². The van der Waals surface area contributed by atoms with Crippen molar-refractivity contribution in [2.45, 2.75) is 57.4 Å². The molecule has 0 aliphatic heterocycles. The Hall–Kier alpha value is -1.15. The van der Waals surface area contributed by atoms with E-state index in [1.807, 2.05) is 0 Å². The molecular weight excluding hydrogens is 258 g/mol. The van der Waals surface area contributed by atoms with Crippen molar-refractivity contribution in [2.75, 3.05) is 14.1 Å². The minimum absolute atomic E-state index is 0.282. The zero-order chi connectivity index (χ0) is 14.8. The van der Waals surface area contributed by atoms with Crippen LogP contribution in [0.25, 0.3) is 0 Å². The molecule has 2 aliphatic carbocycles. The number of aryl methyl sites for hydroxylation is 1. The molecule has 2 aliphatic rings. The molecule has 0 saturated heterocycles. The van der Waals surface area contributed by atoms with E-state index in [2.05, 4.69) is 37.2 Å². The predicted octanol–water partition coefficient (Wildman–Crippen LogP) is 3.87. The standard InChI is InChI=1S/C19H27NO/c1-20(2)16-12-11-14-9-6-10-17(18(14)13-16)19(21)15-7-4-3-5-8-15/h6,9-10,15-16H,3-5,7-8,11-13H2,1-2H3. The van der Waals surface area contributed by atoms with E-state index in [1.165, 1.54) is 36.8 Å². The van der Waals surface area contributed by atoms with Crippen LogP contribution in [0.4, 0.5) is 0 Å². The van der Waals surface area contributed by atoms with E-state index in [9.17, 15) is 4.79 Å². The monoisotopic (exact) mass is 285 g/mol. The maximum Gasteiger partial charge on any atom is 0.166 e. The smallest absolute Gasteiger partial charge is 0.166 e. The molecule has 2 heteroatoms. The minimum atomic E-state index is 0.282.